The third-order valence-corrected chi connectivity index (χ3v) is 4.52. The molecular formula is C20H21F3N2O2. The molecule has 1 heterocycles. The highest BCUT2D eigenvalue weighted by atomic mass is 19.4. The molecule has 1 fully saturated rings. The maximum absolute atomic E-state index is 13.0. The van der Waals surface area contributed by atoms with Gasteiger partial charge in [0.25, 0.3) is 0 Å². The summed E-state index contributed by atoms with van der Waals surface area (Å²) in [4.78, 5) is 14.0. The number of rotatable bonds is 4. The van der Waals surface area contributed by atoms with Gasteiger partial charge in [-0.05, 0) is 23.6 Å². The topological polar surface area (TPSA) is 41.6 Å². The molecule has 27 heavy (non-hydrogen) atoms. The Balaban J connectivity index is 1.54. The minimum absolute atomic E-state index is 0.119. The molecule has 7 heteroatoms. The van der Waals surface area contributed by atoms with Gasteiger partial charge in [0.15, 0.2) is 0 Å². The van der Waals surface area contributed by atoms with Gasteiger partial charge >= 0.3 is 12.2 Å². The average Bonchev–Trinajstić information content (AvgIpc) is 2.68. The number of carbonyl (C=O) groups is 1. The second-order valence-electron chi connectivity index (χ2n) is 6.35. The predicted octanol–water partition coefficient (Wildman–Crippen LogP) is 4.03. The van der Waals surface area contributed by atoms with Crippen LogP contribution in [-0.2, 0) is 17.3 Å². The van der Waals surface area contributed by atoms with E-state index in [0.29, 0.717) is 19.7 Å². The third-order valence-electron chi connectivity index (χ3n) is 4.52. The first kappa shape index (κ1) is 19.2. The lowest BCUT2D eigenvalue weighted by Gasteiger charge is -2.33. The monoisotopic (exact) mass is 378 g/mol. The fourth-order valence-corrected chi connectivity index (χ4v) is 3.13. The van der Waals surface area contributed by atoms with E-state index in [2.05, 4.69) is 5.32 Å². The van der Waals surface area contributed by atoms with Crippen molar-refractivity contribution in [1.82, 2.24) is 10.2 Å². The minimum atomic E-state index is -4.40. The number of nitrogens with zero attached hydrogens (tertiary/aromatic N) is 1. The van der Waals surface area contributed by atoms with Crippen molar-refractivity contribution in [1.29, 1.82) is 0 Å². The summed E-state index contributed by atoms with van der Waals surface area (Å²) in [7, 11) is 0. The zero-order valence-corrected chi connectivity index (χ0v) is 14.7. The Morgan fingerprint density at radius 2 is 1.81 bits per heavy atom. The molecule has 1 saturated heterocycles. The van der Waals surface area contributed by atoms with Crippen LogP contribution in [0.4, 0.5) is 18.0 Å². The van der Waals surface area contributed by atoms with E-state index in [1.54, 1.807) is 11.0 Å². The van der Waals surface area contributed by atoms with Crippen molar-refractivity contribution in [2.75, 3.05) is 26.2 Å². The fourth-order valence-electron chi connectivity index (χ4n) is 3.13. The normalized spacial score (nSPS) is 17.6. The number of halogens is 3. The molecule has 0 aromatic heterocycles. The van der Waals surface area contributed by atoms with Crippen molar-refractivity contribution in [2.24, 2.45) is 0 Å². The highest BCUT2D eigenvalue weighted by Crippen LogP contribution is 2.31. The van der Waals surface area contributed by atoms with Gasteiger partial charge in [0, 0.05) is 13.1 Å². The zero-order valence-electron chi connectivity index (χ0n) is 14.7. The van der Waals surface area contributed by atoms with Crippen LogP contribution in [0.3, 0.4) is 0 Å². The lowest BCUT2D eigenvalue weighted by atomic mass is 10.0. The summed E-state index contributed by atoms with van der Waals surface area (Å²) in [6, 6.07) is 14.8. The molecule has 1 N–H and O–H groups in total. The Labute approximate surface area is 155 Å². The summed E-state index contributed by atoms with van der Waals surface area (Å²) >= 11 is 0. The van der Waals surface area contributed by atoms with Crippen molar-refractivity contribution < 1.29 is 22.7 Å². The van der Waals surface area contributed by atoms with E-state index in [1.807, 2.05) is 30.3 Å². The molecule has 0 bridgehead atoms. The van der Waals surface area contributed by atoms with Crippen LogP contribution in [0, 0.1) is 0 Å². The summed E-state index contributed by atoms with van der Waals surface area (Å²) in [5.41, 5.74) is 0.512. The van der Waals surface area contributed by atoms with Crippen LogP contribution in [-0.4, -0.2) is 37.2 Å². The number of hydrogen-bond donors (Lipinski definition) is 1. The van der Waals surface area contributed by atoms with Gasteiger partial charge in [-0.2, -0.15) is 13.2 Å². The van der Waals surface area contributed by atoms with Gasteiger partial charge in [0.2, 0.25) is 0 Å². The highest BCUT2D eigenvalue weighted by Gasteiger charge is 2.32. The first-order valence-electron chi connectivity index (χ1n) is 8.79. The van der Waals surface area contributed by atoms with Crippen LogP contribution < -0.4 is 5.32 Å². The van der Waals surface area contributed by atoms with Gasteiger partial charge in [-0.3, -0.25) is 0 Å². The summed E-state index contributed by atoms with van der Waals surface area (Å²) in [5, 5.41) is 2.72. The van der Waals surface area contributed by atoms with Gasteiger partial charge in [-0.1, -0.05) is 48.5 Å². The number of hydrogen-bond acceptors (Lipinski definition) is 2. The lowest BCUT2D eigenvalue weighted by Crippen LogP contribution is -2.47. The summed E-state index contributed by atoms with van der Waals surface area (Å²) < 4.78 is 44.8. The SMILES string of the molecule is O=C(NCCc1ccccc1C(F)(F)F)N1CCOC(c2ccccc2)C1. The molecule has 3 rings (SSSR count). The molecule has 0 radical (unpaired) electrons. The standard InChI is InChI=1S/C20H21F3N2O2/c21-20(22,23)17-9-5-4-6-15(17)10-11-24-19(26)25-12-13-27-18(14-25)16-7-2-1-3-8-16/h1-9,18H,10-14H2,(H,24,26). The molecule has 1 aliphatic heterocycles. The zero-order chi connectivity index (χ0) is 19.3. The van der Waals surface area contributed by atoms with E-state index < -0.39 is 11.7 Å². The molecule has 1 atom stereocenters. The van der Waals surface area contributed by atoms with Crippen LogP contribution in [0.1, 0.15) is 22.8 Å². The van der Waals surface area contributed by atoms with Crippen LogP contribution in [0.5, 0.6) is 0 Å². The van der Waals surface area contributed by atoms with Crippen molar-refractivity contribution >= 4 is 6.03 Å². The molecule has 0 spiro atoms. The lowest BCUT2D eigenvalue weighted by molar-refractivity contribution is -0.138. The van der Waals surface area contributed by atoms with Crippen LogP contribution >= 0.6 is 0 Å². The van der Waals surface area contributed by atoms with Crippen LogP contribution in [0.2, 0.25) is 0 Å². The van der Waals surface area contributed by atoms with Gasteiger partial charge in [0.1, 0.15) is 6.10 Å². The van der Waals surface area contributed by atoms with E-state index in [0.717, 1.165) is 11.6 Å². The van der Waals surface area contributed by atoms with Crippen molar-refractivity contribution in [2.45, 2.75) is 18.7 Å². The number of amides is 2. The summed E-state index contributed by atoms with van der Waals surface area (Å²) in [5.74, 6) is 0. The number of urea groups is 1. The molecule has 1 aliphatic rings. The number of ether oxygens (including phenoxy) is 1. The van der Waals surface area contributed by atoms with E-state index in [1.165, 1.54) is 12.1 Å². The van der Waals surface area contributed by atoms with E-state index >= 15 is 0 Å². The minimum Gasteiger partial charge on any atom is -0.370 e. The summed E-state index contributed by atoms with van der Waals surface area (Å²) in [6.07, 6.45) is -4.47. The van der Waals surface area contributed by atoms with Crippen molar-refractivity contribution in [3.63, 3.8) is 0 Å². The van der Waals surface area contributed by atoms with E-state index in [9.17, 15) is 18.0 Å². The smallest absolute Gasteiger partial charge is 0.370 e. The number of carbonyl (C=O) groups excluding carboxylic acids is 1. The molecule has 2 aromatic rings. The quantitative estimate of drug-likeness (QED) is 0.873. The molecule has 144 valence electrons. The van der Waals surface area contributed by atoms with Gasteiger partial charge in [0.05, 0.1) is 18.7 Å². The van der Waals surface area contributed by atoms with Crippen molar-refractivity contribution in [3.05, 3.63) is 71.3 Å². The number of nitrogens with one attached hydrogen (secondary N) is 1. The number of morpholine rings is 1. The second-order valence-corrected chi connectivity index (χ2v) is 6.35. The summed E-state index contributed by atoms with van der Waals surface area (Å²) in [6.45, 7) is 1.42. The van der Waals surface area contributed by atoms with Crippen LogP contribution in [0.15, 0.2) is 54.6 Å². The molecular weight excluding hydrogens is 357 g/mol. The maximum Gasteiger partial charge on any atom is 0.416 e. The largest absolute Gasteiger partial charge is 0.416 e. The van der Waals surface area contributed by atoms with Gasteiger partial charge in [-0.15, -0.1) is 0 Å². The molecule has 0 aliphatic carbocycles. The molecule has 1 unspecified atom stereocenters. The molecule has 0 saturated carbocycles. The van der Waals surface area contributed by atoms with E-state index in [4.69, 9.17) is 4.74 Å². The Bertz CT molecular complexity index is 765. The third kappa shape index (κ3) is 5.01. The molecule has 4 nitrogen and oxygen atoms in total. The Morgan fingerprint density at radius 1 is 1.11 bits per heavy atom. The predicted molar refractivity (Wildman–Crippen MR) is 95.3 cm³/mol. The van der Waals surface area contributed by atoms with E-state index in [-0.39, 0.29) is 30.7 Å². The Hall–Kier alpha value is -2.54. The fraction of sp³-hybridized carbons (Fsp3) is 0.350. The first-order chi connectivity index (χ1) is 12.9. The second kappa shape index (κ2) is 8.43. The number of benzene rings is 2. The van der Waals surface area contributed by atoms with Gasteiger partial charge in [-0.25, -0.2) is 4.79 Å². The Morgan fingerprint density at radius 3 is 2.56 bits per heavy atom. The first-order valence-corrected chi connectivity index (χ1v) is 8.79. The van der Waals surface area contributed by atoms with Crippen molar-refractivity contribution in [3.8, 4) is 0 Å². The van der Waals surface area contributed by atoms with Crippen LogP contribution in [0.25, 0.3) is 0 Å². The van der Waals surface area contributed by atoms with Gasteiger partial charge < -0.3 is 15.0 Å². The Kier molecular flexibility index (Phi) is 6.01. The maximum atomic E-state index is 13.0. The number of alkyl halides is 3. The molecule has 2 aromatic carbocycles. The average molecular weight is 378 g/mol. The highest BCUT2D eigenvalue weighted by molar-refractivity contribution is 5.74. The molecule has 2 amide bonds.